The SMILES string of the molecule is CC(C)COC(=O)Nc1cccc(NC(=O)C2CCCN2C(=O)C2CCCCC2)c1. The first-order valence-corrected chi connectivity index (χ1v) is 11.1. The van der Waals surface area contributed by atoms with Crippen molar-refractivity contribution in [2.75, 3.05) is 23.8 Å². The van der Waals surface area contributed by atoms with Crippen molar-refractivity contribution in [1.29, 1.82) is 0 Å². The Balaban J connectivity index is 1.58. The molecule has 7 heteroatoms. The maximum absolute atomic E-state index is 12.9. The molecular weight excluding hydrogens is 382 g/mol. The highest BCUT2D eigenvalue weighted by Crippen LogP contribution is 2.29. The van der Waals surface area contributed by atoms with Crippen molar-refractivity contribution in [1.82, 2.24) is 4.90 Å². The Morgan fingerprint density at radius 1 is 1.03 bits per heavy atom. The summed E-state index contributed by atoms with van der Waals surface area (Å²) in [5.41, 5.74) is 1.13. The second kappa shape index (κ2) is 10.5. The van der Waals surface area contributed by atoms with Crippen LogP contribution in [0.5, 0.6) is 0 Å². The molecule has 30 heavy (non-hydrogen) atoms. The van der Waals surface area contributed by atoms with E-state index in [-0.39, 0.29) is 23.7 Å². The molecule has 2 fully saturated rings. The number of carbonyl (C=O) groups excluding carboxylic acids is 3. The summed E-state index contributed by atoms with van der Waals surface area (Å²) >= 11 is 0. The Hall–Kier alpha value is -2.57. The number of amides is 3. The van der Waals surface area contributed by atoms with Crippen molar-refractivity contribution in [3.8, 4) is 0 Å². The number of nitrogens with zero attached hydrogens (tertiary/aromatic N) is 1. The smallest absolute Gasteiger partial charge is 0.411 e. The number of anilines is 2. The molecule has 0 aromatic heterocycles. The topological polar surface area (TPSA) is 87.7 Å². The van der Waals surface area contributed by atoms with Gasteiger partial charge in [0.2, 0.25) is 11.8 Å². The minimum Gasteiger partial charge on any atom is -0.449 e. The monoisotopic (exact) mass is 415 g/mol. The zero-order valence-electron chi connectivity index (χ0n) is 18.0. The molecule has 3 amide bonds. The molecule has 1 aliphatic heterocycles. The molecule has 1 saturated heterocycles. The van der Waals surface area contributed by atoms with Crippen LogP contribution in [0.15, 0.2) is 24.3 Å². The minimum absolute atomic E-state index is 0.0662. The molecule has 1 heterocycles. The number of carbonyl (C=O) groups is 3. The molecule has 3 rings (SSSR count). The number of benzene rings is 1. The van der Waals surface area contributed by atoms with E-state index in [1.54, 1.807) is 29.2 Å². The Morgan fingerprint density at radius 3 is 2.43 bits per heavy atom. The molecule has 1 aromatic carbocycles. The van der Waals surface area contributed by atoms with Gasteiger partial charge >= 0.3 is 6.09 Å². The molecule has 0 bridgehead atoms. The first-order valence-electron chi connectivity index (χ1n) is 11.1. The molecular formula is C23H33N3O4. The second-order valence-electron chi connectivity index (χ2n) is 8.71. The highest BCUT2D eigenvalue weighted by Gasteiger charge is 2.37. The van der Waals surface area contributed by atoms with Crippen LogP contribution in [0.2, 0.25) is 0 Å². The highest BCUT2D eigenvalue weighted by molar-refractivity contribution is 5.98. The van der Waals surface area contributed by atoms with Crippen LogP contribution >= 0.6 is 0 Å². The molecule has 0 spiro atoms. The fourth-order valence-corrected chi connectivity index (χ4v) is 4.18. The summed E-state index contributed by atoms with van der Waals surface area (Å²) in [6.45, 7) is 4.93. The Morgan fingerprint density at radius 2 is 1.73 bits per heavy atom. The van der Waals surface area contributed by atoms with Crippen LogP contribution in [0.3, 0.4) is 0 Å². The van der Waals surface area contributed by atoms with Gasteiger partial charge in [-0.3, -0.25) is 14.9 Å². The highest BCUT2D eigenvalue weighted by atomic mass is 16.5. The molecule has 2 N–H and O–H groups in total. The van der Waals surface area contributed by atoms with Gasteiger partial charge in [-0.2, -0.15) is 0 Å². The van der Waals surface area contributed by atoms with Gasteiger partial charge in [0.1, 0.15) is 6.04 Å². The molecule has 1 atom stereocenters. The lowest BCUT2D eigenvalue weighted by molar-refractivity contribution is -0.141. The van der Waals surface area contributed by atoms with Crippen molar-refractivity contribution in [3.63, 3.8) is 0 Å². The minimum atomic E-state index is -0.521. The van der Waals surface area contributed by atoms with Crippen LogP contribution in [0.1, 0.15) is 58.8 Å². The van der Waals surface area contributed by atoms with E-state index in [1.165, 1.54) is 6.42 Å². The molecule has 1 aliphatic carbocycles. The van der Waals surface area contributed by atoms with E-state index in [4.69, 9.17) is 4.74 Å². The summed E-state index contributed by atoms with van der Waals surface area (Å²) < 4.78 is 5.13. The summed E-state index contributed by atoms with van der Waals surface area (Å²) in [7, 11) is 0. The third-order valence-electron chi connectivity index (χ3n) is 5.72. The normalized spacial score (nSPS) is 19.6. The van der Waals surface area contributed by atoms with Gasteiger partial charge < -0.3 is 15.0 Å². The number of hydrogen-bond acceptors (Lipinski definition) is 4. The summed E-state index contributed by atoms with van der Waals surface area (Å²) in [5, 5.41) is 5.58. The molecule has 164 valence electrons. The largest absolute Gasteiger partial charge is 0.449 e. The standard InChI is InChI=1S/C23H33N3O4/c1-16(2)15-30-23(29)25-19-11-6-10-18(14-19)24-21(27)20-12-7-13-26(20)22(28)17-8-4-3-5-9-17/h6,10-11,14,16-17,20H,3-5,7-9,12-13,15H2,1-2H3,(H,24,27)(H,25,29). The molecule has 1 aromatic rings. The third kappa shape index (κ3) is 5.97. The van der Waals surface area contributed by atoms with Crippen LogP contribution in [-0.2, 0) is 14.3 Å². The van der Waals surface area contributed by atoms with Crippen molar-refractivity contribution >= 4 is 29.3 Å². The lowest BCUT2D eigenvalue weighted by atomic mass is 9.88. The Bertz CT molecular complexity index is 759. The van der Waals surface area contributed by atoms with Gasteiger partial charge in [-0.15, -0.1) is 0 Å². The zero-order valence-corrected chi connectivity index (χ0v) is 18.0. The fraction of sp³-hybridized carbons (Fsp3) is 0.609. The van der Waals surface area contributed by atoms with Crippen LogP contribution in [0, 0.1) is 11.8 Å². The molecule has 0 radical (unpaired) electrons. The summed E-state index contributed by atoms with van der Waals surface area (Å²) in [4.78, 5) is 39.5. The van der Waals surface area contributed by atoms with E-state index in [1.807, 2.05) is 13.8 Å². The van der Waals surface area contributed by atoms with Crippen molar-refractivity contribution in [2.45, 2.75) is 64.8 Å². The first kappa shape index (κ1) is 22.1. The lowest BCUT2D eigenvalue weighted by Crippen LogP contribution is -2.46. The third-order valence-corrected chi connectivity index (χ3v) is 5.72. The molecule has 2 aliphatic rings. The van der Waals surface area contributed by atoms with Gasteiger partial charge in [-0.1, -0.05) is 39.2 Å². The average molecular weight is 416 g/mol. The number of nitrogens with one attached hydrogen (secondary N) is 2. The molecule has 1 saturated carbocycles. The van der Waals surface area contributed by atoms with Gasteiger partial charge in [0.05, 0.1) is 6.61 Å². The van der Waals surface area contributed by atoms with E-state index in [0.717, 1.165) is 32.1 Å². The predicted molar refractivity (Wildman–Crippen MR) is 116 cm³/mol. The lowest BCUT2D eigenvalue weighted by Gasteiger charge is -2.30. The molecule has 7 nitrogen and oxygen atoms in total. The molecule has 1 unspecified atom stereocenters. The van der Waals surface area contributed by atoms with Crippen molar-refractivity contribution < 1.29 is 19.1 Å². The fourth-order valence-electron chi connectivity index (χ4n) is 4.18. The van der Waals surface area contributed by atoms with Gasteiger partial charge in [0.25, 0.3) is 0 Å². The maximum Gasteiger partial charge on any atom is 0.411 e. The van der Waals surface area contributed by atoms with E-state index in [9.17, 15) is 14.4 Å². The summed E-state index contributed by atoms with van der Waals surface area (Å²) in [6.07, 6.45) is 6.27. The van der Waals surface area contributed by atoms with Crippen molar-refractivity contribution in [3.05, 3.63) is 24.3 Å². The maximum atomic E-state index is 12.9. The average Bonchev–Trinajstić information content (AvgIpc) is 3.23. The number of hydrogen-bond donors (Lipinski definition) is 2. The van der Waals surface area contributed by atoms with Crippen LogP contribution in [-0.4, -0.2) is 42.0 Å². The zero-order chi connectivity index (χ0) is 21.5. The van der Waals surface area contributed by atoms with E-state index in [2.05, 4.69) is 10.6 Å². The van der Waals surface area contributed by atoms with Crippen LogP contribution in [0.25, 0.3) is 0 Å². The number of rotatable bonds is 6. The van der Waals surface area contributed by atoms with Gasteiger partial charge in [0.15, 0.2) is 0 Å². The van der Waals surface area contributed by atoms with Crippen LogP contribution in [0.4, 0.5) is 16.2 Å². The summed E-state index contributed by atoms with van der Waals surface area (Å²) in [5.74, 6) is 0.287. The Labute approximate surface area is 178 Å². The quantitative estimate of drug-likeness (QED) is 0.721. The van der Waals surface area contributed by atoms with Gasteiger partial charge in [0, 0.05) is 23.8 Å². The Kier molecular flexibility index (Phi) is 7.71. The van der Waals surface area contributed by atoms with Gasteiger partial charge in [-0.05, 0) is 49.8 Å². The van der Waals surface area contributed by atoms with Crippen LogP contribution < -0.4 is 10.6 Å². The summed E-state index contributed by atoms with van der Waals surface area (Å²) in [6, 6.07) is 6.53. The second-order valence-corrected chi connectivity index (χ2v) is 8.71. The van der Waals surface area contributed by atoms with E-state index >= 15 is 0 Å². The van der Waals surface area contributed by atoms with E-state index in [0.29, 0.717) is 30.9 Å². The number of ether oxygens (including phenoxy) is 1. The first-order chi connectivity index (χ1) is 14.4. The van der Waals surface area contributed by atoms with Gasteiger partial charge in [-0.25, -0.2) is 4.79 Å². The van der Waals surface area contributed by atoms with Crippen molar-refractivity contribution in [2.24, 2.45) is 11.8 Å². The van der Waals surface area contributed by atoms with E-state index < -0.39 is 12.1 Å². The predicted octanol–water partition coefficient (Wildman–Crippen LogP) is 4.40. The number of likely N-dealkylation sites (tertiary alicyclic amines) is 1.